The van der Waals surface area contributed by atoms with Crippen molar-refractivity contribution in [1.29, 1.82) is 0 Å². The van der Waals surface area contributed by atoms with Crippen LogP contribution in [-0.4, -0.2) is 26.7 Å². The van der Waals surface area contributed by atoms with Crippen LogP contribution < -0.4 is 5.73 Å². The maximum absolute atomic E-state index is 6.10. The van der Waals surface area contributed by atoms with Gasteiger partial charge in [-0.25, -0.2) is 4.98 Å². The first-order valence-corrected chi connectivity index (χ1v) is 7.00. The van der Waals surface area contributed by atoms with Gasteiger partial charge in [-0.2, -0.15) is 16.9 Å². The molecule has 5 heteroatoms. The minimum absolute atomic E-state index is 0.258. The minimum Gasteiger partial charge on any atom is -0.319 e. The maximum atomic E-state index is 6.10. The first-order valence-electron chi connectivity index (χ1n) is 5.85. The standard InChI is InChI=1S/C11H16N4S/c12-11(3-4-11)10-14-9(7-13-15-10)8-1-5-16-6-2-8/h7-8H,1-6,12H2. The molecule has 2 heterocycles. The number of hydrogen-bond acceptors (Lipinski definition) is 5. The van der Waals surface area contributed by atoms with Gasteiger partial charge in [-0.05, 0) is 37.2 Å². The molecule has 1 aromatic rings. The molecule has 2 N–H and O–H groups in total. The molecule has 0 aromatic carbocycles. The lowest BCUT2D eigenvalue weighted by atomic mass is 9.99. The molecule has 0 unspecified atom stereocenters. The third-order valence-corrected chi connectivity index (χ3v) is 4.50. The zero-order valence-corrected chi connectivity index (χ0v) is 10.0. The first-order chi connectivity index (χ1) is 7.78. The molecule has 1 aromatic heterocycles. The third kappa shape index (κ3) is 1.94. The summed E-state index contributed by atoms with van der Waals surface area (Å²) in [5.41, 5.74) is 6.94. The Morgan fingerprint density at radius 3 is 2.75 bits per heavy atom. The molecule has 2 aliphatic rings. The summed E-state index contributed by atoms with van der Waals surface area (Å²) in [5.74, 6) is 3.79. The zero-order valence-electron chi connectivity index (χ0n) is 9.22. The Hall–Kier alpha value is -0.680. The van der Waals surface area contributed by atoms with Crippen LogP contribution in [0.15, 0.2) is 6.20 Å². The predicted octanol–water partition coefficient (Wildman–Crippen LogP) is 1.43. The van der Waals surface area contributed by atoms with E-state index in [4.69, 9.17) is 5.73 Å². The van der Waals surface area contributed by atoms with Crippen LogP contribution in [-0.2, 0) is 5.54 Å². The molecule has 4 nitrogen and oxygen atoms in total. The Bertz CT molecular complexity index is 385. The second-order valence-electron chi connectivity index (χ2n) is 4.75. The first kappa shape index (κ1) is 10.5. The number of aromatic nitrogens is 3. The molecule has 0 bridgehead atoms. The summed E-state index contributed by atoms with van der Waals surface area (Å²) in [4.78, 5) is 4.62. The monoisotopic (exact) mass is 236 g/mol. The third-order valence-electron chi connectivity index (χ3n) is 3.45. The van der Waals surface area contributed by atoms with Crippen molar-refractivity contribution in [2.24, 2.45) is 5.73 Å². The van der Waals surface area contributed by atoms with Crippen LogP contribution in [0.25, 0.3) is 0 Å². The molecule has 1 aliphatic carbocycles. The summed E-state index contributed by atoms with van der Waals surface area (Å²) in [6.07, 6.45) is 6.23. The van der Waals surface area contributed by atoms with Crippen molar-refractivity contribution in [3.63, 3.8) is 0 Å². The Kier molecular flexibility index (Phi) is 2.59. The predicted molar refractivity (Wildman–Crippen MR) is 64.2 cm³/mol. The summed E-state index contributed by atoms with van der Waals surface area (Å²) < 4.78 is 0. The van der Waals surface area contributed by atoms with Crippen molar-refractivity contribution in [1.82, 2.24) is 15.2 Å². The van der Waals surface area contributed by atoms with Crippen molar-refractivity contribution in [2.45, 2.75) is 37.1 Å². The molecule has 1 saturated heterocycles. The number of hydrogen-bond donors (Lipinski definition) is 1. The van der Waals surface area contributed by atoms with Crippen LogP contribution in [0.2, 0.25) is 0 Å². The van der Waals surface area contributed by atoms with Crippen LogP contribution >= 0.6 is 11.8 Å². The highest BCUT2D eigenvalue weighted by atomic mass is 32.2. The number of thioether (sulfide) groups is 1. The Labute approximate surface area is 99.4 Å². The van der Waals surface area contributed by atoms with Crippen LogP contribution in [0.5, 0.6) is 0 Å². The quantitative estimate of drug-likeness (QED) is 0.841. The van der Waals surface area contributed by atoms with E-state index < -0.39 is 0 Å². The van der Waals surface area contributed by atoms with Gasteiger partial charge in [0.15, 0.2) is 5.82 Å². The topological polar surface area (TPSA) is 64.7 Å². The average molecular weight is 236 g/mol. The maximum Gasteiger partial charge on any atom is 0.171 e. The van der Waals surface area contributed by atoms with E-state index in [9.17, 15) is 0 Å². The van der Waals surface area contributed by atoms with E-state index in [0.29, 0.717) is 5.92 Å². The molecular weight excluding hydrogens is 220 g/mol. The summed E-state index contributed by atoms with van der Waals surface area (Å²) >= 11 is 2.03. The van der Waals surface area contributed by atoms with E-state index in [0.717, 1.165) is 24.4 Å². The van der Waals surface area contributed by atoms with E-state index >= 15 is 0 Å². The largest absolute Gasteiger partial charge is 0.319 e. The van der Waals surface area contributed by atoms with Gasteiger partial charge in [0.1, 0.15) is 0 Å². The van der Waals surface area contributed by atoms with Crippen molar-refractivity contribution in [2.75, 3.05) is 11.5 Å². The van der Waals surface area contributed by atoms with Crippen LogP contribution in [0.4, 0.5) is 0 Å². The van der Waals surface area contributed by atoms with Crippen molar-refractivity contribution >= 4 is 11.8 Å². The molecule has 0 spiro atoms. The van der Waals surface area contributed by atoms with Crippen LogP contribution in [0.3, 0.4) is 0 Å². The van der Waals surface area contributed by atoms with Gasteiger partial charge in [0.25, 0.3) is 0 Å². The number of rotatable bonds is 2. The van der Waals surface area contributed by atoms with Gasteiger partial charge < -0.3 is 5.73 Å². The van der Waals surface area contributed by atoms with Crippen LogP contribution in [0, 0.1) is 0 Å². The lowest BCUT2D eigenvalue weighted by Gasteiger charge is -2.20. The fourth-order valence-corrected chi connectivity index (χ4v) is 3.18. The fourth-order valence-electron chi connectivity index (χ4n) is 2.08. The van der Waals surface area contributed by atoms with E-state index in [1.165, 1.54) is 24.3 Å². The molecule has 0 radical (unpaired) electrons. The molecule has 2 fully saturated rings. The van der Waals surface area contributed by atoms with Crippen molar-refractivity contribution < 1.29 is 0 Å². The van der Waals surface area contributed by atoms with E-state index in [2.05, 4.69) is 15.2 Å². The molecular formula is C11H16N4S. The molecule has 1 aliphatic heterocycles. The van der Waals surface area contributed by atoms with E-state index in [-0.39, 0.29) is 5.54 Å². The summed E-state index contributed by atoms with van der Waals surface area (Å²) in [6, 6.07) is 0. The highest BCUT2D eigenvalue weighted by molar-refractivity contribution is 7.99. The molecule has 3 rings (SSSR count). The second kappa shape index (κ2) is 3.96. The summed E-state index contributed by atoms with van der Waals surface area (Å²) in [5, 5.41) is 8.14. The fraction of sp³-hybridized carbons (Fsp3) is 0.727. The van der Waals surface area contributed by atoms with Crippen molar-refractivity contribution in [3.05, 3.63) is 17.7 Å². The Morgan fingerprint density at radius 2 is 2.06 bits per heavy atom. The average Bonchev–Trinajstić information content (AvgIpc) is 3.10. The normalized spacial score (nSPS) is 24.3. The van der Waals surface area contributed by atoms with Crippen LogP contribution in [0.1, 0.15) is 43.1 Å². The Balaban J connectivity index is 1.84. The van der Waals surface area contributed by atoms with E-state index in [1.807, 2.05) is 18.0 Å². The van der Waals surface area contributed by atoms with Gasteiger partial charge in [-0.3, -0.25) is 0 Å². The smallest absolute Gasteiger partial charge is 0.171 e. The summed E-state index contributed by atoms with van der Waals surface area (Å²) in [7, 11) is 0. The SMILES string of the molecule is NC1(c2nncc(C3CCSCC3)n2)CC1. The molecule has 0 atom stereocenters. The van der Waals surface area contributed by atoms with Gasteiger partial charge in [0.2, 0.25) is 0 Å². The number of nitrogens with two attached hydrogens (primary N) is 1. The molecule has 1 saturated carbocycles. The highest BCUT2D eigenvalue weighted by Crippen LogP contribution is 2.41. The number of nitrogens with zero attached hydrogens (tertiary/aromatic N) is 3. The zero-order chi connectivity index (χ0) is 11.0. The lowest BCUT2D eigenvalue weighted by molar-refractivity contribution is 0.579. The van der Waals surface area contributed by atoms with Crippen molar-refractivity contribution in [3.8, 4) is 0 Å². The van der Waals surface area contributed by atoms with Gasteiger partial charge in [-0.15, -0.1) is 5.10 Å². The minimum atomic E-state index is -0.258. The van der Waals surface area contributed by atoms with E-state index in [1.54, 1.807) is 0 Å². The van der Waals surface area contributed by atoms with Gasteiger partial charge >= 0.3 is 0 Å². The molecule has 0 amide bonds. The highest BCUT2D eigenvalue weighted by Gasteiger charge is 2.43. The lowest BCUT2D eigenvalue weighted by Crippen LogP contribution is -2.24. The molecule has 16 heavy (non-hydrogen) atoms. The van der Waals surface area contributed by atoms with Gasteiger partial charge in [-0.1, -0.05) is 0 Å². The van der Waals surface area contributed by atoms with Gasteiger partial charge in [0.05, 0.1) is 17.4 Å². The van der Waals surface area contributed by atoms with Gasteiger partial charge in [0, 0.05) is 5.92 Å². The Morgan fingerprint density at radius 1 is 1.31 bits per heavy atom. The second-order valence-corrected chi connectivity index (χ2v) is 5.97. The summed E-state index contributed by atoms with van der Waals surface area (Å²) in [6.45, 7) is 0. The molecule has 86 valence electrons.